The molecule has 1 amide bonds. The van der Waals surface area contributed by atoms with Crippen molar-refractivity contribution in [3.63, 3.8) is 0 Å². The van der Waals surface area contributed by atoms with E-state index in [1.807, 2.05) is 0 Å². The van der Waals surface area contributed by atoms with Gasteiger partial charge in [-0.05, 0) is 60.2 Å². The molecule has 0 aromatic heterocycles. The molecule has 0 unspecified atom stereocenters. The van der Waals surface area contributed by atoms with E-state index in [4.69, 9.17) is 30.5 Å². The predicted molar refractivity (Wildman–Crippen MR) is 124 cm³/mol. The number of ether oxygens (including phenoxy) is 4. The third-order valence-electron chi connectivity index (χ3n) is 4.32. The van der Waals surface area contributed by atoms with Gasteiger partial charge in [0, 0.05) is 0 Å². The molecule has 3 rings (SSSR count). The number of halogens is 1. The van der Waals surface area contributed by atoms with E-state index in [0.717, 1.165) is 0 Å². The number of rotatable bonds is 9. The molecule has 0 heterocycles. The molecule has 0 aliphatic heterocycles. The largest absolute Gasteiger partial charge is 0.497 e. The molecule has 0 spiro atoms. The van der Waals surface area contributed by atoms with E-state index in [0.29, 0.717) is 22.8 Å². The second-order valence-electron chi connectivity index (χ2n) is 6.54. The molecular formula is C24H21ClN2O6. The van der Waals surface area contributed by atoms with Crippen molar-refractivity contribution in [2.45, 2.75) is 0 Å². The number of carbonyl (C=O) groups is 2. The number of carbonyl (C=O) groups excluding carboxylic acids is 2. The Morgan fingerprint density at radius 3 is 2.36 bits per heavy atom. The van der Waals surface area contributed by atoms with E-state index in [1.165, 1.54) is 13.3 Å². The van der Waals surface area contributed by atoms with Crippen molar-refractivity contribution in [2.75, 3.05) is 20.8 Å². The van der Waals surface area contributed by atoms with E-state index in [2.05, 4.69) is 10.5 Å². The lowest BCUT2D eigenvalue weighted by Gasteiger charge is -2.10. The third kappa shape index (κ3) is 6.72. The summed E-state index contributed by atoms with van der Waals surface area (Å²) in [6.45, 7) is -0.204. The standard InChI is InChI=1S/C24H21ClN2O6/c1-30-17-8-10-18(11-9-17)32-15-23(28)27-26-14-16-7-12-21(22(13-16)31-2)33-24(29)19-5-3-4-6-20(19)25/h3-14H,15H2,1-2H3,(H,27,28). The second kappa shape index (κ2) is 11.5. The predicted octanol–water partition coefficient (Wildman–Crippen LogP) is 4.11. The molecule has 0 bridgehead atoms. The lowest BCUT2D eigenvalue weighted by Crippen LogP contribution is -2.24. The summed E-state index contributed by atoms with van der Waals surface area (Å²) in [4.78, 5) is 24.3. The Balaban J connectivity index is 1.55. The monoisotopic (exact) mass is 468 g/mol. The Hall–Kier alpha value is -4.04. The van der Waals surface area contributed by atoms with Crippen LogP contribution in [0.15, 0.2) is 71.8 Å². The van der Waals surface area contributed by atoms with Crippen LogP contribution >= 0.6 is 11.6 Å². The van der Waals surface area contributed by atoms with Crippen molar-refractivity contribution < 1.29 is 28.5 Å². The molecule has 0 fully saturated rings. The molecule has 3 aromatic carbocycles. The summed E-state index contributed by atoms with van der Waals surface area (Å²) in [5, 5.41) is 4.19. The van der Waals surface area contributed by atoms with Gasteiger partial charge >= 0.3 is 5.97 Å². The van der Waals surface area contributed by atoms with Crippen molar-refractivity contribution >= 4 is 29.7 Å². The lowest BCUT2D eigenvalue weighted by atomic mass is 10.2. The Kier molecular flexibility index (Phi) is 8.26. The zero-order valence-corrected chi connectivity index (χ0v) is 18.7. The topological polar surface area (TPSA) is 95.5 Å². The summed E-state index contributed by atoms with van der Waals surface area (Å²) in [5.41, 5.74) is 3.23. The van der Waals surface area contributed by atoms with Crippen molar-refractivity contribution in [2.24, 2.45) is 5.10 Å². The first-order valence-electron chi connectivity index (χ1n) is 9.73. The number of nitrogens with one attached hydrogen (secondary N) is 1. The minimum atomic E-state index is -0.607. The number of hydrogen-bond acceptors (Lipinski definition) is 7. The lowest BCUT2D eigenvalue weighted by molar-refractivity contribution is -0.123. The van der Waals surface area contributed by atoms with Crippen LogP contribution in [0.5, 0.6) is 23.0 Å². The second-order valence-corrected chi connectivity index (χ2v) is 6.94. The molecule has 170 valence electrons. The molecule has 0 aliphatic carbocycles. The fraction of sp³-hybridized carbons (Fsp3) is 0.125. The van der Waals surface area contributed by atoms with Crippen LogP contribution in [-0.4, -0.2) is 38.9 Å². The van der Waals surface area contributed by atoms with Crippen LogP contribution in [0.2, 0.25) is 5.02 Å². The third-order valence-corrected chi connectivity index (χ3v) is 4.65. The van der Waals surface area contributed by atoms with Crippen molar-refractivity contribution in [1.29, 1.82) is 0 Å². The van der Waals surface area contributed by atoms with Gasteiger partial charge in [0.2, 0.25) is 0 Å². The zero-order valence-electron chi connectivity index (χ0n) is 17.9. The minimum absolute atomic E-state index is 0.204. The van der Waals surface area contributed by atoms with Gasteiger partial charge in [-0.1, -0.05) is 23.7 Å². The average Bonchev–Trinajstić information content (AvgIpc) is 2.84. The molecule has 33 heavy (non-hydrogen) atoms. The van der Waals surface area contributed by atoms with E-state index in [1.54, 1.807) is 73.8 Å². The van der Waals surface area contributed by atoms with Crippen LogP contribution in [0.25, 0.3) is 0 Å². The highest BCUT2D eigenvalue weighted by molar-refractivity contribution is 6.33. The number of hydrazone groups is 1. The van der Waals surface area contributed by atoms with Gasteiger partial charge in [0.15, 0.2) is 18.1 Å². The number of methoxy groups -OCH3 is 2. The summed E-state index contributed by atoms with van der Waals surface area (Å²) in [7, 11) is 3.01. The van der Waals surface area contributed by atoms with Gasteiger partial charge in [-0.3, -0.25) is 4.79 Å². The molecule has 9 heteroatoms. The molecule has 1 N–H and O–H groups in total. The molecule has 0 atom stereocenters. The minimum Gasteiger partial charge on any atom is -0.497 e. The zero-order chi connectivity index (χ0) is 23.6. The number of benzene rings is 3. The van der Waals surface area contributed by atoms with Crippen LogP contribution in [0, 0.1) is 0 Å². The molecule has 0 aliphatic rings. The summed E-state index contributed by atoms with van der Waals surface area (Å²) in [6.07, 6.45) is 1.42. The van der Waals surface area contributed by atoms with Gasteiger partial charge in [-0.2, -0.15) is 5.10 Å². The van der Waals surface area contributed by atoms with Crippen LogP contribution in [0.1, 0.15) is 15.9 Å². The van der Waals surface area contributed by atoms with Crippen LogP contribution < -0.4 is 24.4 Å². The Morgan fingerprint density at radius 2 is 1.67 bits per heavy atom. The van der Waals surface area contributed by atoms with Gasteiger partial charge in [0.1, 0.15) is 11.5 Å². The molecule has 0 saturated heterocycles. The summed E-state index contributed by atoms with van der Waals surface area (Å²) in [5.74, 6) is 0.715. The molecule has 0 saturated carbocycles. The van der Waals surface area contributed by atoms with Crippen molar-refractivity contribution in [3.05, 3.63) is 82.9 Å². The van der Waals surface area contributed by atoms with Gasteiger partial charge in [0.25, 0.3) is 5.91 Å². The Morgan fingerprint density at radius 1 is 0.939 bits per heavy atom. The fourth-order valence-electron chi connectivity index (χ4n) is 2.66. The maximum atomic E-state index is 12.4. The van der Waals surface area contributed by atoms with Gasteiger partial charge in [-0.15, -0.1) is 0 Å². The first kappa shape index (κ1) is 23.6. The van der Waals surface area contributed by atoms with Gasteiger partial charge in [-0.25, -0.2) is 10.2 Å². The van der Waals surface area contributed by atoms with E-state index in [9.17, 15) is 9.59 Å². The SMILES string of the molecule is COc1ccc(OCC(=O)NN=Cc2ccc(OC(=O)c3ccccc3Cl)c(OC)c2)cc1. The number of amides is 1. The Bertz CT molecular complexity index is 1150. The van der Waals surface area contributed by atoms with E-state index >= 15 is 0 Å². The van der Waals surface area contributed by atoms with Crippen molar-refractivity contribution in [1.82, 2.24) is 5.43 Å². The van der Waals surface area contributed by atoms with Crippen LogP contribution in [0.3, 0.4) is 0 Å². The highest BCUT2D eigenvalue weighted by atomic mass is 35.5. The number of esters is 1. The first-order chi connectivity index (χ1) is 16.0. The van der Waals surface area contributed by atoms with E-state index in [-0.39, 0.29) is 22.9 Å². The quantitative estimate of drug-likeness (QED) is 0.220. The normalized spacial score (nSPS) is 10.5. The van der Waals surface area contributed by atoms with Crippen LogP contribution in [-0.2, 0) is 4.79 Å². The van der Waals surface area contributed by atoms with Crippen molar-refractivity contribution in [3.8, 4) is 23.0 Å². The summed E-state index contributed by atoms with van der Waals surface area (Å²) < 4.78 is 21.1. The molecular weight excluding hydrogens is 448 g/mol. The fourth-order valence-corrected chi connectivity index (χ4v) is 2.88. The molecule has 0 radical (unpaired) electrons. The average molecular weight is 469 g/mol. The summed E-state index contributed by atoms with van der Waals surface area (Å²) in [6, 6.07) is 18.3. The highest BCUT2D eigenvalue weighted by Gasteiger charge is 2.15. The molecule has 3 aromatic rings. The molecule has 8 nitrogen and oxygen atoms in total. The number of nitrogens with zero attached hydrogens (tertiary/aromatic N) is 1. The maximum Gasteiger partial charge on any atom is 0.345 e. The van der Waals surface area contributed by atoms with Gasteiger partial charge < -0.3 is 18.9 Å². The Labute approximate surface area is 195 Å². The summed E-state index contributed by atoms with van der Waals surface area (Å²) >= 11 is 6.04. The smallest absolute Gasteiger partial charge is 0.345 e. The van der Waals surface area contributed by atoms with E-state index < -0.39 is 11.9 Å². The number of hydrogen-bond donors (Lipinski definition) is 1. The highest BCUT2D eigenvalue weighted by Crippen LogP contribution is 2.29. The van der Waals surface area contributed by atoms with Crippen LogP contribution in [0.4, 0.5) is 0 Å². The first-order valence-corrected chi connectivity index (χ1v) is 10.1. The van der Waals surface area contributed by atoms with Gasteiger partial charge in [0.05, 0.1) is 31.0 Å². The maximum absolute atomic E-state index is 12.4.